The monoisotopic (exact) mass is 215 g/mol. The van der Waals surface area contributed by atoms with Crippen molar-refractivity contribution >= 4 is 5.97 Å². The predicted octanol–water partition coefficient (Wildman–Crippen LogP) is 1.35. The minimum atomic E-state index is -0.729. The molecular weight excluding hydrogens is 194 g/mol. The molecule has 1 rings (SSSR count). The molecule has 0 aromatic rings. The van der Waals surface area contributed by atoms with Crippen LogP contribution < -0.4 is 0 Å². The van der Waals surface area contributed by atoms with Crippen LogP contribution in [0.4, 0.5) is 0 Å². The molecule has 0 radical (unpaired) electrons. The summed E-state index contributed by atoms with van der Waals surface area (Å²) in [5, 5.41) is 8.96. The van der Waals surface area contributed by atoms with E-state index in [9.17, 15) is 4.79 Å². The molecule has 1 fully saturated rings. The van der Waals surface area contributed by atoms with Crippen LogP contribution in [0.15, 0.2) is 0 Å². The first-order valence-electron chi connectivity index (χ1n) is 5.69. The fourth-order valence-electron chi connectivity index (χ4n) is 2.05. The molecule has 2 atom stereocenters. The Morgan fingerprint density at radius 3 is 2.87 bits per heavy atom. The highest BCUT2D eigenvalue weighted by Gasteiger charge is 2.22. The van der Waals surface area contributed by atoms with Crippen LogP contribution in [0.25, 0.3) is 0 Å². The van der Waals surface area contributed by atoms with Crippen LogP contribution in [-0.2, 0) is 9.53 Å². The first-order valence-corrected chi connectivity index (χ1v) is 5.69. The SMILES string of the molecule is CCC(C(=O)O)N(C)CCC1CCCO1. The number of carboxylic acids is 1. The second-order valence-corrected chi connectivity index (χ2v) is 4.17. The van der Waals surface area contributed by atoms with Crippen molar-refractivity contribution in [1.29, 1.82) is 0 Å². The molecule has 4 heteroatoms. The zero-order chi connectivity index (χ0) is 11.3. The molecule has 0 spiro atoms. The number of carbonyl (C=O) groups is 1. The Labute approximate surface area is 91.2 Å². The highest BCUT2D eigenvalue weighted by Crippen LogP contribution is 2.16. The Kier molecular flexibility index (Phi) is 5.05. The topological polar surface area (TPSA) is 49.8 Å². The molecule has 0 aliphatic carbocycles. The van der Waals surface area contributed by atoms with Crippen molar-refractivity contribution in [2.75, 3.05) is 20.2 Å². The van der Waals surface area contributed by atoms with Crippen LogP contribution in [0.2, 0.25) is 0 Å². The van der Waals surface area contributed by atoms with Crippen molar-refractivity contribution in [2.45, 2.75) is 44.8 Å². The van der Waals surface area contributed by atoms with E-state index in [0.717, 1.165) is 32.4 Å². The molecule has 88 valence electrons. The second kappa shape index (κ2) is 6.08. The molecule has 0 aromatic heterocycles. The highest BCUT2D eigenvalue weighted by atomic mass is 16.5. The normalized spacial score (nSPS) is 23.3. The van der Waals surface area contributed by atoms with Crippen LogP contribution in [0.3, 0.4) is 0 Å². The minimum Gasteiger partial charge on any atom is -0.480 e. The Hall–Kier alpha value is -0.610. The molecular formula is C11H21NO3. The van der Waals surface area contributed by atoms with E-state index >= 15 is 0 Å². The minimum absolute atomic E-state index is 0.346. The summed E-state index contributed by atoms with van der Waals surface area (Å²) in [4.78, 5) is 12.8. The van der Waals surface area contributed by atoms with Crippen LogP contribution in [0.5, 0.6) is 0 Å². The maximum Gasteiger partial charge on any atom is 0.320 e. The number of carboxylic acid groups (broad SMARTS) is 1. The van der Waals surface area contributed by atoms with Gasteiger partial charge in [-0.3, -0.25) is 9.69 Å². The molecule has 0 bridgehead atoms. The van der Waals surface area contributed by atoms with Crippen LogP contribution in [0.1, 0.15) is 32.6 Å². The predicted molar refractivity (Wildman–Crippen MR) is 57.9 cm³/mol. The number of hydrogen-bond acceptors (Lipinski definition) is 3. The summed E-state index contributed by atoms with van der Waals surface area (Å²) in [5.74, 6) is -0.729. The molecule has 0 aromatic carbocycles. The lowest BCUT2D eigenvalue weighted by molar-refractivity contribution is -0.143. The van der Waals surface area contributed by atoms with Crippen molar-refractivity contribution in [2.24, 2.45) is 0 Å². The zero-order valence-electron chi connectivity index (χ0n) is 9.61. The van der Waals surface area contributed by atoms with Crippen molar-refractivity contribution in [3.8, 4) is 0 Å². The summed E-state index contributed by atoms with van der Waals surface area (Å²) >= 11 is 0. The largest absolute Gasteiger partial charge is 0.480 e. The molecule has 1 aliphatic rings. The summed E-state index contributed by atoms with van der Waals surface area (Å²) in [5.41, 5.74) is 0. The van der Waals surface area contributed by atoms with Crippen molar-refractivity contribution < 1.29 is 14.6 Å². The molecule has 1 saturated heterocycles. The summed E-state index contributed by atoms with van der Waals surface area (Å²) in [7, 11) is 1.87. The lowest BCUT2D eigenvalue weighted by Gasteiger charge is -2.24. The lowest BCUT2D eigenvalue weighted by Crippen LogP contribution is -2.39. The average molecular weight is 215 g/mol. The second-order valence-electron chi connectivity index (χ2n) is 4.17. The van der Waals surface area contributed by atoms with Gasteiger partial charge in [0.15, 0.2) is 0 Å². The van der Waals surface area contributed by atoms with E-state index in [-0.39, 0.29) is 6.04 Å². The maximum absolute atomic E-state index is 10.9. The van der Waals surface area contributed by atoms with E-state index in [1.807, 2.05) is 18.9 Å². The molecule has 4 nitrogen and oxygen atoms in total. The van der Waals surface area contributed by atoms with Gasteiger partial charge in [0.25, 0.3) is 0 Å². The quantitative estimate of drug-likeness (QED) is 0.726. The summed E-state index contributed by atoms with van der Waals surface area (Å²) < 4.78 is 5.50. The number of ether oxygens (including phenoxy) is 1. The van der Waals surface area contributed by atoms with Gasteiger partial charge in [-0.15, -0.1) is 0 Å². The standard InChI is InChI=1S/C11H21NO3/c1-3-10(11(13)14)12(2)7-6-9-5-4-8-15-9/h9-10H,3-8H2,1-2H3,(H,13,14). The Morgan fingerprint density at radius 2 is 2.40 bits per heavy atom. The van der Waals surface area contributed by atoms with Gasteiger partial charge < -0.3 is 9.84 Å². The van der Waals surface area contributed by atoms with E-state index in [1.165, 1.54) is 0 Å². The summed E-state index contributed by atoms with van der Waals surface area (Å²) in [6, 6.07) is -0.355. The number of nitrogens with zero attached hydrogens (tertiary/aromatic N) is 1. The van der Waals surface area contributed by atoms with Crippen molar-refractivity contribution in [3.05, 3.63) is 0 Å². The van der Waals surface area contributed by atoms with Gasteiger partial charge in [0.2, 0.25) is 0 Å². The third-order valence-electron chi connectivity index (χ3n) is 3.03. The van der Waals surface area contributed by atoms with E-state index < -0.39 is 5.97 Å². The van der Waals surface area contributed by atoms with Gasteiger partial charge in [-0.2, -0.15) is 0 Å². The van der Waals surface area contributed by atoms with Gasteiger partial charge in [0.1, 0.15) is 6.04 Å². The Morgan fingerprint density at radius 1 is 1.67 bits per heavy atom. The van der Waals surface area contributed by atoms with Crippen LogP contribution in [0, 0.1) is 0 Å². The van der Waals surface area contributed by atoms with Crippen LogP contribution >= 0.6 is 0 Å². The third-order valence-corrected chi connectivity index (χ3v) is 3.03. The van der Waals surface area contributed by atoms with E-state index in [0.29, 0.717) is 12.5 Å². The molecule has 0 amide bonds. The van der Waals surface area contributed by atoms with Gasteiger partial charge in [-0.1, -0.05) is 6.92 Å². The van der Waals surface area contributed by atoms with Crippen LogP contribution in [-0.4, -0.2) is 48.3 Å². The Bertz CT molecular complexity index is 202. The maximum atomic E-state index is 10.9. The molecule has 0 saturated carbocycles. The van der Waals surface area contributed by atoms with Gasteiger partial charge in [0.05, 0.1) is 6.10 Å². The van der Waals surface area contributed by atoms with E-state index in [4.69, 9.17) is 9.84 Å². The van der Waals surface area contributed by atoms with Gasteiger partial charge >= 0.3 is 5.97 Å². The number of aliphatic carboxylic acids is 1. The van der Waals surface area contributed by atoms with E-state index in [1.54, 1.807) is 0 Å². The number of likely N-dealkylation sites (N-methyl/N-ethyl adjacent to an activating group) is 1. The number of rotatable bonds is 6. The van der Waals surface area contributed by atoms with Gasteiger partial charge in [-0.25, -0.2) is 0 Å². The first-order chi connectivity index (χ1) is 7.15. The zero-order valence-corrected chi connectivity index (χ0v) is 9.61. The molecule has 2 unspecified atom stereocenters. The number of hydrogen-bond donors (Lipinski definition) is 1. The lowest BCUT2D eigenvalue weighted by atomic mass is 10.1. The van der Waals surface area contributed by atoms with Gasteiger partial charge in [0, 0.05) is 13.2 Å². The molecule has 1 heterocycles. The third kappa shape index (κ3) is 3.80. The molecule has 1 aliphatic heterocycles. The molecule has 15 heavy (non-hydrogen) atoms. The smallest absolute Gasteiger partial charge is 0.320 e. The summed E-state index contributed by atoms with van der Waals surface area (Å²) in [6.45, 7) is 3.57. The van der Waals surface area contributed by atoms with Crippen molar-refractivity contribution in [3.63, 3.8) is 0 Å². The average Bonchev–Trinajstić information content (AvgIpc) is 2.67. The summed E-state index contributed by atoms with van der Waals surface area (Å²) in [6.07, 6.45) is 4.21. The van der Waals surface area contributed by atoms with E-state index in [2.05, 4.69) is 0 Å². The highest BCUT2D eigenvalue weighted by molar-refractivity contribution is 5.73. The van der Waals surface area contributed by atoms with Crippen molar-refractivity contribution in [1.82, 2.24) is 4.90 Å². The fraction of sp³-hybridized carbons (Fsp3) is 0.909. The molecule has 1 N–H and O–H groups in total. The van der Waals surface area contributed by atoms with Gasteiger partial charge in [-0.05, 0) is 32.7 Å². The first kappa shape index (κ1) is 12.5. The Balaban J connectivity index is 2.26. The fourth-order valence-corrected chi connectivity index (χ4v) is 2.05.